The minimum Gasteiger partial charge on any atom is -0.481 e. The van der Waals surface area contributed by atoms with Gasteiger partial charge in [-0.25, -0.2) is 4.57 Å². The van der Waals surface area contributed by atoms with Crippen LogP contribution in [0.1, 0.15) is 43.9 Å². The van der Waals surface area contributed by atoms with Crippen molar-refractivity contribution in [3.63, 3.8) is 0 Å². The summed E-state index contributed by atoms with van der Waals surface area (Å²) in [7, 11) is 0. The Bertz CT molecular complexity index is 485. The molecule has 0 atom stereocenters. The predicted molar refractivity (Wildman–Crippen MR) is 77.8 cm³/mol. The molecule has 0 aliphatic rings. The molecular formula is C16H24NO4+. The van der Waals surface area contributed by atoms with Crippen molar-refractivity contribution in [1.82, 2.24) is 0 Å². The number of carbonyl (C=O) groups is 2. The van der Waals surface area contributed by atoms with E-state index >= 15 is 0 Å². The Labute approximate surface area is 125 Å². The van der Waals surface area contributed by atoms with Crippen molar-refractivity contribution >= 4 is 11.9 Å². The molecule has 0 saturated carbocycles. The summed E-state index contributed by atoms with van der Waals surface area (Å²) in [4.78, 5) is 21.8. The number of unbranched alkanes of at least 4 members (excludes halogenated alkanes) is 2. The van der Waals surface area contributed by atoms with Crippen molar-refractivity contribution in [2.24, 2.45) is 0 Å². The Morgan fingerprint density at radius 2 is 2.05 bits per heavy atom. The van der Waals surface area contributed by atoms with Crippen molar-refractivity contribution in [1.29, 1.82) is 0 Å². The van der Waals surface area contributed by atoms with Gasteiger partial charge in [0.15, 0.2) is 11.9 Å². The first-order valence-electron chi connectivity index (χ1n) is 7.39. The molecule has 0 aliphatic heterocycles. The number of ether oxygens (including phenoxy) is 1. The van der Waals surface area contributed by atoms with E-state index < -0.39 is 5.97 Å². The molecule has 0 aromatic carbocycles. The largest absolute Gasteiger partial charge is 0.481 e. The fourth-order valence-electron chi connectivity index (χ4n) is 2.18. The summed E-state index contributed by atoms with van der Waals surface area (Å²) in [5.74, 6) is -0.939. The van der Waals surface area contributed by atoms with Gasteiger partial charge in [0.25, 0.3) is 0 Å². The van der Waals surface area contributed by atoms with Crippen molar-refractivity contribution in [3.8, 4) is 0 Å². The van der Waals surface area contributed by atoms with Gasteiger partial charge in [-0.3, -0.25) is 9.59 Å². The van der Waals surface area contributed by atoms with Crippen LogP contribution in [0.5, 0.6) is 0 Å². The summed E-state index contributed by atoms with van der Waals surface area (Å²) in [6, 6.07) is 3.93. The normalized spacial score (nSPS) is 10.4. The van der Waals surface area contributed by atoms with Crippen LogP contribution in [0.3, 0.4) is 0 Å². The van der Waals surface area contributed by atoms with E-state index in [1.54, 1.807) is 6.92 Å². The Balaban J connectivity index is 2.43. The van der Waals surface area contributed by atoms with E-state index in [4.69, 9.17) is 9.84 Å². The molecule has 1 N–H and O–H groups in total. The molecule has 21 heavy (non-hydrogen) atoms. The molecule has 1 aromatic rings. The maximum absolute atomic E-state index is 11.4. The van der Waals surface area contributed by atoms with Gasteiger partial charge in [-0.05, 0) is 25.3 Å². The van der Waals surface area contributed by atoms with Crippen molar-refractivity contribution in [3.05, 3.63) is 29.6 Å². The van der Waals surface area contributed by atoms with Gasteiger partial charge in [0.05, 0.1) is 13.0 Å². The second-order valence-corrected chi connectivity index (χ2v) is 5.06. The maximum Gasteiger partial charge on any atom is 0.310 e. The molecule has 1 rings (SSSR count). The molecule has 1 aromatic heterocycles. The third kappa shape index (κ3) is 6.88. The molecule has 0 fully saturated rings. The Morgan fingerprint density at radius 3 is 2.67 bits per heavy atom. The molecule has 0 amide bonds. The van der Waals surface area contributed by atoms with Crippen LogP contribution in [0.4, 0.5) is 0 Å². The fraction of sp³-hybridized carbons (Fsp3) is 0.562. The van der Waals surface area contributed by atoms with Gasteiger partial charge >= 0.3 is 11.9 Å². The summed E-state index contributed by atoms with van der Waals surface area (Å²) in [6.07, 6.45) is 5.09. The first-order valence-corrected chi connectivity index (χ1v) is 7.39. The van der Waals surface area contributed by atoms with E-state index in [1.807, 2.05) is 25.3 Å². The van der Waals surface area contributed by atoms with E-state index in [2.05, 4.69) is 4.57 Å². The Morgan fingerprint density at radius 1 is 1.29 bits per heavy atom. The van der Waals surface area contributed by atoms with Crippen molar-refractivity contribution < 1.29 is 24.0 Å². The lowest BCUT2D eigenvalue weighted by Gasteiger charge is -2.04. The molecule has 5 heteroatoms. The van der Waals surface area contributed by atoms with Gasteiger partial charge in [-0.2, -0.15) is 0 Å². The number of carboxylic acids is 1. The number of hydrogen-bond acceptors (Lipinski definition) is 3. The third-order valence-electron chi connectivity index (χ3n) is 3.26. The van der Waals surface area contributed by atoms with Gasteiger partial charge in [0.2, 0.25) is 0 Å². The van der Waals surface area contributed by atoms with Crippen LogP contribution in [0, 0.1) is 6.92 Å². The highest BCUT2D eigenvalue weighted by Gasteiger charge is 2.10. The highest BCUT2D eigenvalue weighted by molar-refractivity contribution is 5.72. The van der Waals surface area contributed by atoms with Crippen LogP contribution in [0.15, 0.2) is 18.3 Å². The number of hydrogen-bond donors (Lipinski definition) is 1. The van der Waals surface area contributed by atoms with Gasteiger partial charge in [-0.1, -0.05) is 0 Å². The minimum absolute atomic E-state index is 0.205. The van der Waals surface area contributed by atoms with Gasteiger partial charge in [0.1, 0.15) is 6.54 Å². The predicted octanol–water partition coefficient (Wildman–Crippen LogP) is 2.03. The number of esters is 1. The van der Waals surface area contributed by atoms with E-state index in [0.717, 1.165) is 37.1 Å². The van der Waals surface area contributed by atoms with Crippen molar-refractivity contribution in [2.75, 3.05) is 6.61 Å². The molecule has 0 bridgehead atoms. The molecule has 0 radical (unpaired) electrons. The maximum atomic E-state index is 11.4. The molecule has 0 aliphatic carbocycles. The summed E-state index contributed by atoms with van der Waals surface area (Å²) in [5.41, 5.74) is 2.04. The molecule has 0 spiro atoms. The number of pyridine rings is 1. The van der Waals surface area contributed by atoms with Crippen LogP contribution < -0.4 is 4.57 Å². The molecule has 0 saturated heterocycles. The number of carboxylic acid groups (broad SMARTS) is 1. The quantitative estimate of drug-likeness (QED) is 0.430. The van der Waals surface area contributed by atoms with E-state index in [-0.39, 0.29) is 12.4 Å². The summed E-state index contributed by atoms with van der Waals surface area (Å²) in [5, 5.41) is 8.57. The molecule has 0 unspecified atom stereocenters. The first kappa shape index (κ1) is 17.1. The van der Waals surface area contributed by atoms with Gasteiger partial charge < -0.3 is 9.84 Å². The summed E-state index contributed by atoms with van der Waals surface area (Å²) < 4.78 is 7.05. The number of aliphatic carboxylic acids is 1. The molecular weight excluding hydrogens is 270 g/mol. The first-order chi connectivity index (χ1) is 10.0. The second kappa shape index (κ2) is 9.10. The standard InChI is InChI=1S/C16H23NO4/c1-3-21-16(20)12-14-8-10-17(13(2)11-14)9-6-4-5-7-15(18)19/h8,10-11H,3-7,9,12H2,1-2H3/p+1. The number of rotatable bonds is 9. The lowest BCUT2D eigenvalue weighted by Crippen LogP contribution is -2.36. The Hall–Kier alpha value is -1.91. The lowest BCUT2D eigenvalue weighted by molar-refractivity contribution is -0.703. The van der Waals surface area contributed by atoms with Crippen LogP contribution in [0.25, 0.3) is 0 Å². The van der Waals surface area contributed by atoms with E-state index in [0.29, 0.717) is 13.0 Å². The molecule has 5 nitrogen and oxygen atoms in total. The topological polar surface area (TPSA) is 67.5 Å². The zero-order valence-corrected chi connectivity index (χ0v) is 12.8. The number of carbonyl (C=O) groups excluding carboxylic acids is 1. The minimum atomic E-state index is -0.734. The SMILES string of the molecule is CCOC(=O)Cc1cc[n+](CCCCCC(=O)O)c(C)c1. The lowest BCUT2D eigenvalue weighted by atomic mass is 10.1. The smallest absolute Gasteiger partial charge is 0.310 e. The monoisotopic (exact) mass is 294 g/mol. The summed E-state index contributed by atoms with van der Waals surface area (Å²) in [6.45, 7) is 5.07. The van der Waals surface area contributed by atoms with E-state index in [9.17, 15) is 9.59 Å². The molecule has 116 valence electrons. The highest BCUT2D eigenvalue weighted by Crippen LogP contribution is 2.04. The summed E-state index contributed by atoms with van der Waals surface area (Å²) >= 11 is 0. The van der Waals surface area contributed by atoms with Gasteiger partial charge in [-0.15, -0.1) is 0 Å². The van der Waals surface area contributed by atoms with Crippen LogP contribution in [-0.2, 0) is 27.3 Å². The fourth-order valence-corrected chi connectivity index (χ4v) is 2.18. The van der Waals surface area contributed by atoms with Crippen LogP contribution >= 0.6 is 0 Å². The number of aromatic nitrogens is 1. The average molecular weight is 294 g/mol. The van der Waals surface area contributed by atoms with Crippen LogP contribution in [-0.4, -0.2) is 23.7 Å². The van der Waals surface area contributed by atoms with Gasteiger partial charge in [0, 0.05) is 31.9 Å². The second-order valence-electron chi connectivity index (χ2n) is 5.06. The van der Waals surface area contributed by atoms with Crippen molar-refractivity contribution in [2.45, 2.75) is 52.5 Å². The van der Waals surface area contributed by atoms with Crippen LogP contribution in [0.2, 0.25) is 0 Å². The van der Waals surface area contributed by atoms with E-state index in [1.165, 1.54) is 0 Å². The zero-order chi connectivity index (χ0) is 15.7. The average Bonchev–Trinajstić information content (AvgIpc) is 2.40. The molecule has 1 heterocycles. The number of aryl methyl sites for hydroxylation is 2. The highest BCUT2D eigenvalue weighted by atomic mass is 16.5. The third-order valence-corrected chi connectivity index (χ3v) is 3.26. The zero-order valence-electron chi connectivity index (χ0n) is 12.8. The Kier molecular flexibility index (Phi) is 7.43. The number of nitrogens with zero attached hydrogens (tertiary/aromatic N) is 1.